The van der Waals surface area contributed by atoms with Gasteiger partial charge in [-0.05, 0) is 23.7 Å². The monoisotopic (exact) mass is 303 g/mol. The first-order valence-electron chi connectivity index (χ1n) is 5.90. The Kier molecular flexibility index (Phi) is 3.30. The van der Waals surface area contributed by atoms with Crippen LogP contribution in [0.4, 0.5) is 5.00 Å². The largest absolute Gasteiger partial charge is 0.367 e. The second-order valence-corrected chi connectivity index (χ2v) is 5.35. The molecule has 0 aliphatic carbocycles. The number of hydrogen-bond donors (Lipinski definition) is 1. The molecule has 1 aromatic carbocycles. The van der Waals surface area contributed by atoms with Gasteiger partial charge in [-0.25, -0.2) is 4.98 Å². The maximum Gasteiger partial charge on any atom is 0.162 e. The summed E-state index contributed by atoms with van der Waals surface area (Å²) >= 11 is 7.02. The van der Waals surface area contributed by atoms with Crippen molar-refractivity contribution in [3.63, 3.8) is 0 Å². The molecular weight excluding hydrogens is 294 g/mol. The Morgan fingerprint density at radius 3 is 3.00 bits per heavy atom. The molecule has 2 aromatic heterocycles. The zero-order valence-electron chi connectivity index (χ0n) is 10.6. The SMILES string of the molecule is Cn1c(CNc2snc(Cl)c2C#N)nc2ccccc21. The van der Waals surface area contributed by atoms with Gasteiger partial charge in [0.15, 0.2) is 5.15 Å². The zero-order valence-corrected chi connectivity index (χ0v) is 12.2. The molecule has 0 saturated carbocycles. The number of aromatic nitrogens is 3. The number of fused-ring (bicyclic) bond motifs is 1. The summed E-state index contributed by atoms with van der Waals surface area (Å²) in [6, 6.07) is 9.99. The Morgan fingerprint density at radius 1 is 1.45 bits per heavy atom. The van der Waals surface area contributed by atoms with Crippen LogP contribution in [0.15, 0.2) is 24.3 Å². The van der Waals surface area contributed by atoms with Crippen molar-refractivity contribution in [1.29, 1.82) is 5.26 Å². The van der Waals surface area contributed by atoms with Gasteiger partial charge in [0.25, 0.3) is 0 Å². The van der Waals surface area contributed by atoms with Crippen molar-refractivity contribution in [2.75, 3.05) is 5.32 Å². The second-order valence-electron chi connectivity index (χ2n) is 4.22. The minimum atomic E-state index is 0.241. The molecule has 3 aromatic rings. The first-order valence-corrected chi connectivity index (χ1v) is 7.05. The molecule has 0 radical (unpaired) electrons. The molecule has 0 bridgehead atoms. The van der Waals surface area contributed by atoms with E-state index in [1.54, 1.807) is 0 Å². The number of imidazole rings is 1. The summed E-state index contributed by atoms with van der Waals surface area (Å²) in [7, 11) is 1.97. The Morgan fingerprint density at radius 2 is 2.25 bits per heavy atom. The average Bonchev–Trinajstić information content (AvgIpc) is 2.98. The van der Waals surface area contributed by atoms with Crippen LogP contribution in [0.25, 0.3) is 11.0 Å². The highest BCUT2D eigenvalue weighted by molar-refractivity contribution is 7.10. The second kappa shape index (κ2) is 5.12. The lowest BCUT2D eigenvalue weighted by molar-refractivity contribution is 0.835. The highest BCUT2D eigenvalue weighted by Crippen LogP contribution is 2.28. The number of nitrogens with one attached hydrogen (secondary N) is 1. The number of nitriles is 1. The van der Waals surface area contributed by atoms with E-state index < -0.39 is 0 Å². The first kappa shape index (κ1) is 12.9. The third-order valence-electron chi connectivity index (χ3n) is 3.05. The van der Waals surface area contributed by atoms with Crippen LogP contribution in [0, 0.1) is 11.3 Å². The fourth-order valence-corrected chi connectivity index (χ4v) is 2.93. The molecule has 0 spiro atoms. The van der Waals surface area contributed by atoms with Crippen molar-refractivity contribution in [2.24, 2.45) is 7.05 Å². The minimum Gasteiger partial charge on any atom is -0.367 e. The van der Waals surface area contributed by atoms with Gasteiger partial charge in [-0.15, -0.1) is 0 Å². The van der Waals surface area contributed by atoms with Gasteiger partial charge < -0.3 is 9.88 Å². The number of hydrogen-bond acceptors (Lipinski definition) is 5. The molecule has 0 aliphatic rings. The Balaban J connectivity index is 1.87. The maximum atomic E-state index is 9.03. The van der Waals surface area contributed by atoms with E-state index in [1.165, 1.54) is 11.5 Å². The molecule has 0 saturated heterocycles. The van der Waals surface area contributed by atoms with Crippen LogP contribution in [0.2, 0.25) is 5.15 Å². The van der Waals surface area contributed by atoms with Crippen LogP contribution in [0.5, 0.6) is 0 Å². The van der Waals surface area contributed by atoms with Gasteiger partial charge in [-0.3, -0.25) is 0 Å². The van der Waals surface area contributed by atoms with Crippen molar-refractivity contribution in [3.05, 3.63) is 40.8 Å². The number of halogens is 1. The van der Waals surface area contributed by atoms with E-state index in [4.69, 9.17) is 16.9 Å². The van der Waals surface area contributed by atoms with Crippen LogP contribution in [-0.4, -0.2) is 13.9 Å². The van der Waals surface area contributed by atoms with Gasteiger partial charge in [0.05, 0.1) is 17.6 Å². The summed E-state index contributed by atoms with van der Waals surface area (Å²) in [5, 5.41) is 13.1. The van der Waals surface area contributed by atoms with E-state index in [0.717, 1.165) is 16.9 Å². The molecule has 7 heteroatoms. The molecule has 0 amide bonds. The van der Waals surface area contributed by atoms with Crippen LogP contribution in [0.1, 0.15) is 11.4 Å². The fourth-order valence-electron chi connectivity index (χ4n) is 2.00. The number of nitrogens with zero attached hydrogens (tertiary/aromatic N) is 4. The molecule has 3 rings (SSSR count). The minimum absolute atomic E-state index is 0.241. The predicted molar refractivity (Wildman–Crippen MR) is 79.9 cm³/mol. The Bertz CT molecular complexity index is 814. The van der Waals surface area contributed by atoms with Crippen molar-refractivity contribution >= 4 is 39.2 Å². The van der Waals surface area contributed by atoms with Crippen LogP contribution in [0.3, 0.4) is 0 Å². The van der Waals surface area contributed by atoms with E-state index in [1.807, 2.05) is 41.9 Å². The van der Waals surface area contributed by atoms with E-state index in [-0.39, 0.29) is 5.15 Å². The summed E-state index contributed by atoms with van der Waals surface area (Å²) in [5.74, 6) is 0.889. The lowest BCUT2D eigenvalue weighted by atomic mass is 10.3. The molecular formula is C13H10ClN5S. The van der Waals surface area contributed by atoms with Gasteiger partial charge in [0.2, 0.25) is 0 Å². The fraction of sp³-hybridized carbons (Fsp3) is 0.154. The normalized spacial score (nSPS) is 10.7. The third kappa shape index (κ3) is 2.11. The smallest absolute Gasteiger partial charge is 0.162 e. The molecule has 0 aliphatic heterocycles. The summed E-state index contributed by atoms with van der Waals surface area (Å²) in [6.07, 6.45) is 0. The van der Waals surface area contributed by atoms with Crippen molar-refractivity contribution in [1.82, 2.24) is 13.9 Å². The molecule has 20 heavy (non-hydrogen) atoms. The summed E-state index contributed by atoms with van der Waals surface area (Å²) in [6.45, 7) is 0.512. The molecule has 100 valence electrons. The maximum absolute atomic E-state index is 9.03. The van der Waals surface area contributed by atoms with E-state index >= 15 is 0 Å². The van der Waals surface area contributed by atoms with Crippen molar-refractivity contribution in [2.45, 2.75) is 6.54 Å². The van der Waals surface area contributed by atoms with Crippen LogP contribution >= 0.6 is 23.1 Å². The topological polar surface area (TPSA) is 66.5 Å². The van der Waals surface area contributed by atoms with E-state index in [2.05, 4.69) is 14.7 Å². The van der Waals surface area contributed by atoms with Crippen molar-refractivity contribution < 1.29 is 0 Å². The molecule has 2 heterocycles. The number of para-hydroxylation sites is 2. The molecule has 1 N–H and O–H groups in total. The van der Waals surface area contributed by atoms with Crippen molar-refractivity contribution in [3.8, 4) is 6.07 Å². The molecule has 0 unspecified atom stereocenters. The van der Waals surface area contributed by atoms with E-state index in [0.29, 0.717) is 17.1 Å². The summed E-state index contributed by atoms with van der Waals surface area (Å²) in [5.41, 5.74) is 2.41. The van der Waals surface area contributed by atoms with Gasteiger partial charge >= 0.3 is 0 Å². The number of aryl methyl sites for hydroxylation is 1. The Hall–Kier alpha value is -2.10. The Labute approximate surface area is 124 Å². The third-order valence-corrected chi connectivity index (χ3v) is 4.23. The number of rotatable bonds is 3. The number of anilines is 1. The highest BCUT2D eigenvalue weighted by Gasteiger charge is 2.13. The molecule has 0 fully saturated rings. The average molecular weight is 304 g/mol. The molecule has 5 nitrogen and oxygen atoms in total. The lowest BCUT2D eigenvalue weighted by Crippen LogP contribution is -2.05. The molecule has 0 atom stereocenters. The zero-order chi connectivity index (χ0) is 14.1. The standard InChI is InChI=1S/C13H10ClN5S/c1-19-10-5-3-2-4-9(10)17-11(19)7-16-13-8(6-15)12(14)18-20-13/h2-5,16H,7H2,1H3. The quantitative estimate of drug-likeness (QED) is 0.807. The van der Waals surface area contributed by atoms with Gasteiger partial charge in [0.1, 0.15) is 22.5 Å². The number of benzene rings is 1. The van der Waals surface area contributed by atoms with Gasteiger partial charge in [0, 0.05) is 7.05 Å². The summed E-state index contributed by atoms with van der Waals surface area (Å²) < 4.78 is 5.98. The van der Waals surface area contributed by atoms with Crippen LogP contribution < -0.4 is 5.32 Å². The highest BCUT2D eigenvalue weighted by atomic mass is 35.5. The van der Waals surface area contributed by atoms with Gasteiger partial charge in [-0.2, -0.15) is 9.64 Å². The summed E-state index contributed by atoms with van der Waals surface area (Å²) in [4.78, 5) is 4.56. The van der Waals surface area contributed by atoms with Gasteiger partial charge in [-0.1, -0.05) is 23.7 Å². The lowest BCUT2D eigenvalue weighted by Gasteiger charge is -2.04. The van der Waals surface area contributed by atoms with E-state index in [9.17, 15) is 0 Å². The van der Waals surface area contributed by atoms with Crippen LogP contribution in [-0.2, 0) is 13.6 Å². The first-order chi connectivity index (χ1) is 9.70. The predicted octanol–water partition coefficient (Wildman–Crippen LogP) is 3.17.